The molecule has 0 spiro atoms. The minimum atomic E-state index is -5.23. The molecule has 0 aliphatic carbocycles. The molecular weight excluding hydrogens is 747 g/mol. The van der Waals surface area contributed by atoms with E-state index in [9.17, 15) is 55.8 Å². The highest BCUT2D eigenvalue weighted by atomic mass is 32.2. The number of H-pyrrole nitrogens is 1. The maximum atomic E-state index is 13.2. The Bertz CT molecular complexity index is 2290. The van der Waals surface area contributed by atoms with Crippen LogP contribution < -0.4 is 26.9 Å². The maximum Gasteiger partial charge on any atom is 0.362 e. The van der Waals surface area contributed by atoms with Crippen molar-refractivity contribution in [3.63, 3.8) is 0 Å². The van der Waals surface area contributed by atoms with E-state index in [2.05, 4.69) is 29.9 Å². The molecule has 4 amide bonds. The van der Waals surface area contributed by atoms with Crippen LogP contribution >= 0.6 is 11.5 Å². The molecule has 0 saturated carbocycles. The number of β-lactam (4-membered cyclic amide) rings is 1. The lowest BCUT2D eigenvalue weighted by molar-refractivity contribution is -0.161. The Balaban J connectivity index is 1.55. The van der Waals surface area contributed by atoms with E-state index in [-0.39, 0.29) is 27.2 Å². The Hall–Kier alpha value is -5.70. The fourth-order valence-corrected chi connectivity index (χ4v) is 6.21. The molecule has 0 unspecified atom stereocenters. The van der Waals surface area contributed by atoms with Crippen LogP contribution in [0.5, 0.6) is 5.75 Å². The number of likely N-dealkylation sites (tertiary alicyclic amines) is 1. The van der Waals surface area contributed by atoms with E-state index in [4.69, 9.17) is 10.6 Å². The highest BCUT2D eigenvalue weighted by Gasteiger charge is 2.50. The number of amides is 4. The van der Waals surface area contributed by atoms with Crippen LogP contribution in [0.3, 0.4) is 0 Å². The molecule has 27 heteroatoms. The van der Waals surface area contributed by atoms with E-state index in [1.165, 1.54) is 11.6 Å². The molecule has 1 saturated heterocycles. The first-order valence-corrected chi connectivity index (χ1v) is 18.4. The van der Waals surface area contributed by atoms with Crippen LogP contribution in [0, 0.1) is 0 Å². The number of pyridine rings is 1. The molecule has 0 radical (unpaired) electrons. The van der Waals surface area contributed by atoms with E-state index < -0.39 is 102 Å². The predicted molar refractivity (Wildman–Crippen MR) is 173 cm³/mol. The summed E-state index contributed by atoms with van der Waals surface area (Å²) in [6.07, 6.45) is 1.58. The number of nitrogen functional groups attached to an aromatic ring is 1. The van der Waals surface area contributed by atoms with Gasteiger partial charge in [0.2, 0.25) is 22.6 Å². The summed E-state index contributed by atoms with van der Waals surface area (Å²) in [7, 11) is -8.75. The first-order chi connectivity index (χ1) is 23.5. The van der Waals surface area contributed by atoms with Gasteiger partial charge in [-0.15, -0.1) is 5.10 Å². The van der Waals surface area contributed by atoms with Gasteiger partial charge in [0.15, 0.2) is 16.7 Å². The van der Waals surface area contributed by atoms with Crippen molar-refractivity contribution in [1.29, 1.82) is 0 Å². The maximum absolute atomic E-state index is 13.2. The molecule has 51 heavy (non-hydrogen) atoms. The number of hydrogen-bond donors (Lipinski definition) is 6. The van der Waals surface area contributed by atoms with Crippen molar-refractivity contribution in [3.05, 3.63) is 38.8 Å². The number of aromatic amines is 1. The lowest BCUT2D eigenvalue weighted by Crippen LogP contribution is -2.73. The number of urea groups is 1. The summed E-state index contributed by atoms with van der Waals surface area (Å²) in [5, 5.41) is 28.3. The third kappa shape index (κ3) is 8.20. The second-order valence-electron chi connectivity index (χ2n) is 11.3. The van der Waals surface area contributed by atoms with Crippen molar-refractivity contribution in [1.82, 2.24) is 43.0 Å². The number of aromatic nitrogens is 6. The second kappa shape index (κ2) is 13.9. The average molecular weight is 776 g/mol. The number of aliphatic carboxylic acids is 1. The lowest BCUT2D eigenvalue weighted by atomic mass is 9.97. The zero-order valence-electron chi connectivity index (χ0n) is 26.7. The second-order valence-corrected chi connectivity index (χ2v) is 15.8. The van der Waals surface area contributed by atoms with Crippen LogP contribution in [-0.4, -0.2) is 119 Å². The summed E-state index contributed by atoms with van der Waals surface area (Å²) in [5.74, 6) is -5.71. The zero-order chi connectivity index (χ0) is 38.2. The smallest absolute Gasteiger partial charge is 0.362 e. The number of aromatic hydroxyl groups is 1. The van der Waals surface area contributed by atoms with Gasteiger partial charge in [0.1, 0.15) is 15.9 Å². The monoisotopic (exact) mass is 775 g/mol. The van der Waals surface area contributed by atoms with E-state index >= 15 is 0 Å². The van der Waals surface area contributed by atoms with Crippen molar-refractivity contribution in [2.75, 3.05) is 17.7 Å². The van der Waals surface area contributed by atoms with E-state index in [1.54, 1.807) is 0 Å². The standard InChI is InChI=1S/C24H29N11O13S3/c1-10-14(27-18(38)15(16-28-21(25)49-31-16)30-48-24(2,3)20(40)41)19(39)34(10)22(42)32-51(46,47)35-23(43)33(6-5-7-50(4,44)45)17(29-35)11-8-12(36)13(37)9-26-11/h8-10,14,37H,5-7H2,1-4H3,(H,26,36)(H,27,38)(H,32,42)(H,40,41)(H2,25,28,31)/b30-15-/t10-,14-/m0/s1. The summed E-state index contributed by atoms with van der Waals surface area (Å²) in [6, 6.07) is -3.45. The fourth-order valence-electron chi connectivity index (χ4n) is 4.23. The summed E-state index contributed by atoms with van der Waals surface area (Å²) < 4.78 is 55.6. The molecule has 3 aromatic rings. The molecule has 1 aliphatic rings. The molecule has 0 bridgehead atoms. The number of nitrogens with two attached hydrogens (primary N) is 1. The first kappa shape index (κ1) is 38.1. The van der Waals surface area contributed by atoms with Crippen molar-refractivity contribution in [3.8, 4) is 17.3 Å². The summed E-state index contributed by atoms with van der Waals surface area (Å²) in [6.45, 7) is 3.10. The number of carbonyl (C=O) groups is 4. The third-order valence-corrected chi connectivity index (χ3v) is 9.66. The van der Waals surface area contributed by atoms with Crippen molar-refractivity contribution >= 4 is 66.2 Å². The van der Waals surface area contributed by atoms with Gasteiger partial charge in [-0.25, -0.2) is 27.5 Å². The molecule has 1 aliphatic heterocycles. The Labute approximate surface area is 290 Å². The minimum absolute atomic E-state index is 0.0959. The van der Waals surface area contributed by atoms with E-state index in [1.807, 2.05) is 0 Å². The van der Waals surface area contributed by atoms with Gasteiger partial charge in [-0.05, 0) is 27.2 Å². The highest BCUT2D eigenvalue weighted by Crippen LogP contribution is 2.21. The predicted octanol–water partition coefficient (Wildman–Crippen LogP) is -3.22. The van der Waals surface area contributed by atoms with Crippen LogP contribution in [-0.2, 0) is 45.8 Å². The van der Waals surface area contributed by atoms with Gasteiger partial charge >= 0.3 is 27.9 Å². The zero-order valence-corrected chi connectivity index (χ0v) is 29.2. The third-order valence-electron chi connectivity index (χ3n) is 6.96. The number of rotatable bonds is 13. The Morgan fingerprint density at radius 3 is 2.41 bits per heavy atom. The fraction of sp³-hybridized carbons (Fsp3) is 0.417. The summed E-state index contributed by atoms with van der Waals surface area (Å²) in [5.41, 5.74) is 0.395. The molecule has 24 nitrogen and oxygen atoms in total. The summed E-state index contributed by atoms with van der Waals surface area (Å²) >= 11 is 0.663. The number of sulfone groups is 1. The number of carbonyl (C=O) groups excluding carboxylic acids is 3. The topological polar surface area (TPSA) is 350 Å². The molecule has 2 atom stereocenters. The van der Waals surface area contributed by atoms with Crippen LogP contribution in [0.15, 0.2) is 27.0 Å². The van der Waals surface area contributed by atoms with E-state index in [0.29, 0.717) is 21.0 Å². The molecule has 4 rings (SSSR count). The quantitative estimate of drug-likeness (QED) is 0.0565. The Morgan fingerprint density at radius 1 is 1.20 bits per heavy atom. The molecule has 3 aromatic heterocycles. The average Bonchev–Trinajstić information content (AvgIpc) is 3.59. The van der Waals surface area contributed by atoms with Crippen molar-refractivity contribution < 1.29 is 51.1 Å². The van der Waals surface area contributed by atoms with Gasteiger partial charge in [-0.1, -0.05) is 9.24 Å². The number of nitrogens with one attached hydrogen (secondary N) is 3. The van der Waals surface area contributed by atoms with Crippen molar-refractivity contribution in [2.24, 2.45) is 5.16 Å². The number of nitrogens with zero attached hydrogens (tertiary/aromatic N) is 7. The normalized spacial score (nSPS) is 16.7. The van der Waals surface area contributed by atoms with Gasteiger partial charge < -0.3 is 31.1 Å². The molecular formula is C24H29N11O13S3. The lowest BCUT2D eigenvalue weighted by Gasteiger charge is -2.43. The van der Waals surface area contributed by atoms with Gasteiger partial charge in [0.25, 0.3) is 11.8 Å². The Morgan fingerprint density at radius 2 is 1.86 bits per heavy atom. The number of oxime groups is 1. The van der Waals surface area contributed by atoms with Crippen LogP contribution in [0.1, 0.15) is 33.0 Å². The largest absolute Gasteiger partial charge is 0.503 e. The number of imide groups is 1. The number of carboxylic acid groups (broad SMARTS) is 1. The van der Waals surface area contributed by atoms with Crippen molar-refractivity contribution in [2.45, 2.75) is 51.4 Å². The van der Waals surface area contributed by atoms with Gasteiger partial charge in [0, 0.05) is 36.6 Å². The van der Waals surface area contributed by atoms with E-state index in [0.717, 1.165) is 32.4 Å². The Kier molecular flexibility index (Phi) is 10.4. The number of carboxylic acids is 1. The first-order valence-electron chi connectivity index (χ1n) is 14.1. The SMILES string of the molecule is C[C@H]1[C@H](NC(=O)/C(=N\OC(C)(C)C(=O)O)c2nsc(N)n2)C(=O)N1C(=O)NS(=O)(=O)n1nc(-c2cc(=O)c(O)c[nH]2)n(CCCS(C)(=O)=O)c1=O. The van der Waals surface area contributed by atoms with Gasteiger partial charge in [0.05, 0.1) is 17.5 Å². The molecule has 4 heterocycles. The summed E-state index contributed by atoms with van der Waals surface area (Å²) in [4.78, 5) is 87.4. The molecule has 0 aromatic carbocycles. The van der Waals surface area contributed by atoms with Crippen LogP contribution in [0.4, 0.5) is 9.93 Å². The highest BCUT2D eigenvalue weighted by molar-refractivity contribution is 7.90. The van der Waals surface area contributed by atoms with Gasteiger partial charge in [-0.2, -0.15) is 17.8 Å². The van der Waals surface area contributed by atoms with Crippen LogP contribution in [0.2, 0.25) is 0 Å². The molecule has 1 fully saturated rings. The van der Waals surface area contributed by atoms with Crippen LogP contribution in [0.25, 0.3) is 11.5 Å². The number of anilines is 1. The minimum Gasteiger partial charge on any atom is -0.503 e. The van der Waals surface area contributed by atoms with Gasteiger partial charge in [-0.3, -0.25) is 23.9 Å². The molecule has 7 N–H and O–H groups in total. The number of hydrogen-bond acceptors (Lipinski definition) is 18. The molecule has 276 valence electrons.